The molecule has 0 saturated carbocycles. The monoisotopic (exact) mass is 813 g/mol. The van der Waals surface area contributed by atoms with Crippen LogP contribution in [0.3, 0.4) is 0 Å². The van der Waals surface area contributed by atoms with Crippen molar-refractivity contribution < 1.29 is 84.2 Å². The summed E-state index contributed by atoms with van der Waals surface area (Å²) in [5.41, 5.74) is 8.92. The Bertz CT molecular complexity index is 1650. The van der Waals surface area contributed by atoms with Crippen molar-refractivity contribution in [2.24, 2.45) is 5.73 Å². The number of aliphatic hydroxyl groups excluding tert-OH is 1. The molecular weight excluding hydrogens is 781 g/mol. The van der Waals surface area contributed by atoms with E-state index in [0.717, 1.165) is 34.4 Å². The molecule has 0 aliphatic rings. The summed E-state index contributed by atoms with van der Waals surface area (Å²) in [5.74, 6) is -8.46. The maximum absolute atomic E-state index is 11.9. The minimum Gasteiger partial charge on any atom is -0.508 e. The first kappa shape index (κ1) is 48.9. The maximum atomic E-state index is 11.9. The number of aliphatic carboxylic acids is 3. The third-order valence-corrected chi connectivity index (χ3v) is 6.42. The summed E-state index contributed by atoms with van der Waals surface area (Å²) in [6.45, 7) is 5.68. The van der Waals surface area contributed by atoms with E-state index in [-0.39, 0.29) is 11.7 Å². The zero-order valence-electron chi connectivity index (χ0n) is 27.7. The van der Waals surface area contributed by atoms with Gasteiger partial charge in [-0.1, -0.05) is 18.5 Å². The highest BCUT2D eigenvalue weighted by molar-refractivity contribution is 6.31. The Morgan fingerprint density at radius 2 is 1.37 bits per heavy atom. The van der Waals surface area contributed by atoms with Crippen LogP contribution in [0.1, 0.15) is 19.4 Å². The zero-order chi connectivity index (χ0) is 42.2. The number of aromatic hydroxyl groups is 1. The Balaban J connectivity index is 0.00000109. The number of fused-ring (bicyclic) bond motifs is 1. The van der Waals surface area contributed by atoms with Gasteiger partial charge >= 0.3 is 36.4 Å². The number of hydrogen-bond acceptors (Lipinski definition) is 10. The van der Waals surface area contributed by atoms with Crippen molar-refractivity contribution in [3.8, 4) is 5.75 Å². The summed E-state index contributed by atoms with van der Waals surface area (Å²) in [4.78, 5) is 45.1. The van der Waals surface area contributed by atoms with Crippen LogP contribution in [0.15, 0.2) is 48.7 Å². The van der Waals surface area contributed by atoms with Gasteiger partial charge in [-0.2, -0.15) is 39.5 Å². The van der Waals surface area contributed by atoms with Gasteiger partial charge in [0.1, 0.15) is 11.8 Å². The number of nitrogens with zero attached hydrogens (tertiary/aromatic N) is 2. The molecule has 9 N–H and O–H groups in total. The number of phenolic OH excluding ortho intramolecular Hbond substituents is 1. The molecular formula is C30H33ClF9N5O9. The van der Waals surface area contributed by atoms with E-state index in [1.165, 1.54) is 6.92 Å². The molecule has 14 nitrogen and oxygen atoms in total. The molecule has 0 aliphatic carbocycles. The lowest BCUT2D eigenvalue weighted by Crippen LogP contribution is -2.48. The SMILES string of the molecule is CCN(CCNC(=O)[C@@H](N)[C@@H](C)O)Cc1cc(Nc2ccnc3cc(Cl)ccc23)ccc1O.O=C(O)C(F)(F)F.O=C(O)C(F)(F)F.O=C(O)C(F)(F)F. The minimum absolute atomic E-state index is 0.200. The summed E-state index contributed by atoms with van der Waals surface area (Å²) >= 11 is 6.08. The van der Waals surface area contributed by atoms with E-state index in [4.69, 9.17) is 47.0 Å². The van der Waals surface area contributed by atoms with Crippen molar-refractivity contribution in [1.82, 2.24) is 15.2 Å². The molecule has 1 aromatic heterocycles. The number of aromatic nitrogens is 1. The Kier molecular flexibility index (Phi) is 19.5. The molecule has 0 unspecified atom stereocenters. The molecule has 1 amide bonds. The first-order chi connectivity index (χ1) is 24.6. The van der Waals surface area contributed by atoms with Crippen LogP contribution in [0.25, 0.3) is 10.9 Å². The standard InChI is InChI=1S/C24H30ClN5O3.3C2HF3O2/c1-3-30(11-10-28-24(33)23(26)15(2)31)14-16-12-18(5-7-22(16)32)29-20-8-9-27-21-13-17(25)4-6-19(20)21;3*3-2(4,5)1(6)7/h4-9,12-13,15,23,31-32H,3,10-11,14,26H2,1-2H3,(H,27,29)(H,28,33);3*(H,6,7)/t15-,23+;;;/m1.../s1. The number of halogens is 10. The second-order valence-corrected chi connectivity index (χ2v) is 10.8. The van der Waals surface area contributed by atoms with Crippen LogP contribution >= 0.6 is 11.6 Å². The number of anilines is 2. The Morgan fingerprint density at radius 3 is 1.81 bits per heavy atom. The lowest BCUT2D eigenvalue weighted by atomic mass is 10.1. The third kappa shape index (κ3) is 18.6. The number of carboxylic acids is 3. The van der Waals surface area contributed by atoms with Gasteiger partial charge in [0.2, 0.25) is 5.91 Å². The summed E-state index contributed by atoms with van der Waals surface area (Å²) < 4.78 is 95.2. The van der Waals surface area contributed by atoms with Crippen LogP contribution < -0.4 is 16.4 Å². The number of carbonyl (C=O) groups is 4. The number of carbonyl (C=O) groups excluding carboxylic acids is 1. The number of benzene rings is 2. The fourth-order valence-corrected chi connectivity index (χ4v) is 3.61. The number of alkyl halides is 9. The second-order valence-electron chi connectivity index (χ2n) is 10.3. The summed E-state index contributed by atoms with van der Waals surface area (Å²) in [5, 5.41) is 48.9. The highest BCUT2D eigenvalue weighted by Crippen LogP contribution is 2.30. The fraction of sp³-hybridized carbons (Fsp3) is 0.367. The molecule has 24 heteroatoms. The van der Waals surface area contributed by atoms with Gasteiger partial charge < -0.3 is 41.9 Å². The van der Waals surface area contributed by atoms with Crippen LogP contribution in [0.4, 0.5) is 50.9 Å². The molecule has 0 aliphatic heterocycles. The highest BCUT2D eigenvalue weighted by Gasteiger charge is 2.39. The number of aliphatic hydroxyl groups is 1. The van der Waals surface area contributed by atoms with Gasteiger partial charge in [0.25, 0.3) is 0 Å². The van der Waals surface area contributed by atoms with Crippen LogP contribution in [0.5, 0.6) is 5.75 Å². The lowest BCUT2D eigenvalue weighted by molar-refractivity contribution is -0.193. The third-order valence-electron chi connectivity index (χ3n) is 6.18. The summed E-state index contributed by atoms with van der Waals surface area (Å²) in [7, 11) is 0. The van der Waals surface area contributed by atoms with Gasteiger partial charge in [-0.3, -0.25) is 14.7 Å². The molecule has 2 atom stereocenters. The first-order valence-corrected chi connectivity index (χ1v) is 15.0. The number of phenols is 1. The predicted octanol–water partition coefficient (Wildman–Crippen LogP) is 4.88. The molecule has 3 aromatic rings. The number of rotatable bonds is 10. The van der Waals surface area contributed by atoms with Crippen LogP contribution in [-0.4, -0.2) is 110 Å². The lowest BCUT2D eigenvalue weighted by Gasteiger charge is -2.22. The first-order valence-electron chi connectivity index (χ1n) is 14.6. The van der Waals surface area contributed by atoms with E-state index in [1.807, 2.05) is 43.3 Å². The van der Waals surface area contributed by atoms with Gasteiger partial charge in [-0.05, 0) is 55.9 Å². The van der Waals surface area contributed by atoms with E-state index in [0.29, 0.717) is 24.7 Å². The maximum Gasteiger partial charge on any atom is 0.490 e. The summed E-state index contributed by atoms with van der Waals surface area (Å²) in [6.07, 6.45) is -14.4. The van der Waals surface area contributed by atoms with Crippen LogP contribution in [0, 0.1) is 0 Å². The van der Waals surface area contributed by atoms with E-state index < -0.39 is 48.6 Å². The molecule has 3 rings (SSSR count). The molecule has 0 bridgehead atoms. The van der Waals surface area contributed by atoms with Gasteiger partial charge in [0.15, 0.2) is 0 Å². The van der Waals surface area contributed by atoms with Crippen LogP contribution in [-0.2, 0) is 25.7 Å². The molecule has 0 radical (unpaired) electrons. The zero-order valence-corrected chi connectivity index (χ0v) is 28.5. The Hall–Kier alpha value is -5.13. The molecule has 0 fully saturated rings. The smallest absolute Gasteiger partial charge is 0.490 e. The van der Waals surface area contributed by atoms with Gasteiger partial charge in [-0.25, -0.2) is 14.4 Å². The van der Waals surface area contributed by atoms with Crippen molar-refractivity contribution in [2.45, 2.75) is 51.1 Å². The topological polar surface area (TPSA) is 236 Å². The Labute approximate surface area is 303 Å². The van der Waals surface area contributed by atoms with E-state index in [1.54, 1.807) is 12.3 Å². The van der Waals surface area contributed by atoms with Crippen molar-refractivity contribution in [1.29, 1.82) is 0 Å². The predicted molar refractivity (Wildman–Crippen MR) is 173 cm³/mol. The van der Waals surface area contributed by atoms with Crippen molar-refractivity contribution in [2.75, 3.05) is 25.0 Å². The number of amides is 1. The number of carboxylic acid groups (broad SMARTS) is 3. The highest BCUT2D eigenvalue weighted by atomic mass is 35.5. The van der Waals surface area contributed by atoms with Crippen LogP contribution in [0.2, 0.25) is 5.02 Å². The largest absolute Gasteiger partial charge is 0.508 e. The number of nitrogens with two attached hydrogens (primary N) is 1. The minimum atomic E-state index is -5.08. The number of pyridine rings is 1. The van der Waals surface area contributed by atoms with E-state index >= 15 is 0 Å². The molecule has 54 heavy (non-hydrogen) atoms. The molecule has 0 saturated heterocycles. The second kappa shape index (κ2) is 21.5. The number of nitrogens with one attached hydrogen (secondary N) is 2. The van der Waals surface area contributed by atoms with E-state index in [9.17, 15) is 54.5 Å². The average molecular weight is 814 g/mol. The summed E-state index contributed by atoms with van der Waals surface area (Å²) in [6, 6.07) is 11.9. The molecule has 1 heterocycles. The molecule has 2 aromatic carbocycles. The molecule has 302 valence electrons. The van der Waals surface area contributed by atoms with Gasteiger partial charge in [0.05, 0.1) is 11.6 Å². The quantitative estimate of drug-likeness (QED) is 0.101. The van der Waals surface area contributed by atoms with Crippen molar-refractivity contribution in [3.05, 3.63) is 59.2 Å². The number of likely N-dealkylation sites (N-methyl/N-ethyl adjacent to an activating group) is 1. The molecule has 0 spiro atoms. The van der Waals surface area contributed by atoms with Gasteiger partial charge in [-0.15, -0.1) is 0 Å². The normalized spacial score (nSPS) is 12.4. The van der Waals surface area contributed by atoms with Crippen molar-refractivity contribution >= 4 is 57.7 Å². The number of hydrogen-bond donors (Lipinski definition) is 8. The van der Waals surface area contributed by atoms with Gasteiger partial charge in [0, 0.05) is 53.2 Å². The Morgan fingerprint density at radius 1 is 0.870 bits per heavy atom. The fourth-order valence-electron chi connectivity index (χ4n) is 3.44. The van der Waals surface area contributed by atoms with E-state index in [2.05, 4.69) is 20.5 Å². The average Bonchev–Trinajstić information content (AvgIpc) is 3.04. The van der Waals surface area contributed by atoms with Crippen molar-refractivity contribution in [3.63, 3.8) is 0 Å².